The molecule has 19 rings (SSSR count). The molecule has 0 bridgehead atoms. The molecule has 4 heteroatoms. The summed E-state index contributed by atoms with van der Waals surface area (Å²) >= 11 is 6.14. The van der Waals surface area contributed by atoms with Gasteiger partial charge in [-0.2, -0.15) is 0 Å². The second kappa shape index (κ2) is 29.7. The topological polar surface area (TPSA) is 18.5 Å². The lowest BCUT2D eigenvalue weighted by molar-refractivity contribution is 0.00578. The standard InChI is InChI=1S/C48H32.C36H33BO2.C18H11Cl.CH4/c1-3-11-33(12-4-1)42-29-43(34-13-5-2-6-14-34)31-44(30-42)40-19-10-17-38(28-40)37-16-9-18-39(27-37)41-22-21-36-24-25-46-45-20-8-7-15-35(45)23-26-47(46)48(36)32-41;1-35(2)36(3,4)39-37(38-35)34-20-12-19-30(25-34)28-17-11-18-29(21-28)33-23-31(26-13-7-5-8-14-26)22-32(24-33)27-15-9-6-10-16-27;19-14-8-5-13-7-9-16-15-4-2-1-3-12(15)6-10-17(16)18(13)11-14;/h1-32H;5-25H,1-4H3;1-11H;1H4. The van der Waals surface area contributed by atoms with Gasteiger partial charge in [-0.15, -0.1) is 0 Å². The van der Waals surface area contributed by atoms with Gasteiger partial charge in [0.05, 0.1) is 11.2 Å². The average molecular weight is 1400 g/mol. The molecule has 107 heavy (non-hydrogen) atoms. The molecule has 0 N–H and O–H groups in total. The van der Waals surface area contributed by atoms with Crippen molar-refractivity contribution < 1.29 is 9.31 Å². The van der Waals surface area contributed by atoms with Crippen molar-refractivity contribution in [3.8, 4) is 100 Å². The predicted octanol–water partition coefficient (Wildman–Crippen LogP) is 28.6. The largest absolute Gasteiger partial charge is 0.494 e. The molecule has 18 aromatic carbocycles. The SMILES string of the molecule is C.CC1(C)OB(c2cccc(-c3cccc(-c4cc(-c5ccccc5)cc(-c5ccccc5)c4)c3)c2)OC1(C)C.Clc1ccc2ccc3c4ccccc4ccc3c2c1.c1ccc(-c2cc(-c3ccccc3)cc(-c3cccc(-c4cccc(-c5ccc6ccc7c8ccccc8ccc7c6c5)c4)c3)c2)cc1. The minimum atomic E-state index is -0.380. The fraction of sp³-hybridized carbons (Fsp3) is 0.0680. The number of hydrogen-bond acceptors (Lipinski definition) is 2. The van der Waals surface area contributed by atoms with E-state index in [0.29, 0.717) is 0 Å². The molecule has 0 unspecified atom stereocenters. The Morgan fingerprint density at radius 3 is 0.832 bits per heavy atom. The first kappa shape index (κ1) is 69.2. The lowest BCUT2D eigenvalue weighted by Gasteiger charge is -2.32. The van der Waals surface area contributed by atoms with Crippen LogP contribution < -0.4 is 5.46 Å². The molecule has 1 heterocycles. The maximum Gasteiger partial charge on any atom is 0.494 e. The highest BCUT2D eigenvalue weighted by molar-refractivity contribution is 6.62. The van der Waals surface area contributed by atoms with Gasteiger partial charge >= 0.3 is 7.12 Å². The predicted molar refractivity (Wildman–Crippen MR) is 461 cm³/mol. The van der Waals surface area contributed by atoms with E-state index in [2.05, 4.69) is 404 Å². The van der Waals surface area contributed by atoms with Gasteiger partial charge in [-0.25, -0.2) is 0 Å². The monoisotopic (exact) mass is 1390 g/mol. The van der Waals surface area contributed by atoms with Gasteiger partial charge in [0.25, 0.3) is 0 Å². The van der Waals surface area contributed by atoms with Gasteiger partial charge in [-0.3, -0.25) is 0 Å². The highest BCUT2D eigenvalue weighted by atomic mass is 35.5. The summed E-state index contributed by atoms with van der Waals surface area (Å²) in [6.07, 6.45) is 0. The highest BCUT2D eigenvalue weighted by Gasteiger charge is 2.51. The molecule has 0 atom stereocenters. The Bertz CT molecular complexity index is 6160. The summed E-state index contributed by atoms with van der Waals surface area (Å²) < 4.78 is 12.6. The van der Waals surface area contributed by atoms with Crippen LogP contribution in [0.2, 0.25) is 5.02 Å². The zero-order chi connectivity index (χ0) is 71.7. The van der Waals surface area contributed by atoms with Gasteiger partial charge in [0, 0.05) is 5.02 Å². The molecule has 1 aliphatic heterocycles. The van der Waals surface area contributed by atoms with Crippen LogP contribution in [0.3, 0.4) is 0 Å². The van der Waals surface area contributed by atoms with E-state index >= 15 is 0 Å². The zero-order valence-electron chi connectivity index (χ0n) is 59.7. The molecule has 2 nitrogen and oxygen atoms in total. The molecule has 514 valence electrons. The lowest BCUT2D eigenvalue weighted by Crippen LogP contribution is -2.41. The van der Waals surface area contributed by atoms with Gasteiger partial charge < -0.3 is 9.31 Å². The van der Waals surface area contributed by atoms with Crippen LogP contribution in [0.5, 0.6) is 0 Å². The van der Waals surface area contributed by atoms with Crippen LogP contribution in [-0.4, -0.2) is 18.3 Å². The molecule has 1 aliphatic rings. The number of rotatable bonds is 10. The third-order valence-electron chi connectivity index (χ3n) is 21.4. The number of benzene rings is 18. The van der Waals surface area contributed by atoms with Gasteiger partial charge in [0.1, 0.15) is 0 Å². The summed E-state index contributed by atoms with van der Waals surface area (Å²) in [4.78, 5) is 0. The number of halogens is 1. The van der Waals surface area contributed by atoms with Crippen molar-refractivity contribution in [2.45, 2.75) is 46.3 Å². The van der Waals surface area contributed by atoms with Crippen molar-refractivity contribution in [1.29, 1.82) is 0 Å². The van der Waals surface area contributed by atoms with Crippen LogP contribution in [0.1, 0.15) is 35.1 Å². The van der Waals surface area contributed by atoms with Gasteiger partial charge in [0.2, 0.25) is 0 Å². The Labute approximate surface area is 633 Å². The summed E-state index contributed by atoms with van der Waals surface area (Å²) in [6.45, 7) is 8.36. The minimum absolute atomic E-state index is 0. The van der Waals surface area contributed by atoms with Crippen LogP contribution in [0, 0.1) is 0 Å². The van der Waals surface area contributed by atoms with Crippen molar-refractivity contribution in [2.75, 3.05) is 0 Å². The van der Waals surface area contributed by atoms with E-state index in [9.17, 15) is 0 Å². The Morgan fingerprint density at radius 2 is 0.449 bits per heavy atom. The van der Waals surface area contributed by atoms with E-state index in [1.54, 1.807) is 0 Å². The fourth-order valence-corrected chi connectivity index (χ4v) is 15.2. The number of hydrogen-bond donors (Lipinski definition) is 0. The second-order valence-electron chi connectivity index (χ2n) is 28.7. The molecule has 0 saturated carbocycles. The molecular formula is C103H80BClO2. The molecular weight excluding hydrogens is 1320 g/mol. The van der Waals surface area contributed by atoms with Crippen LogP contribution in [0.25, 0.3) is 165 Å². The van der Waals surface area contributed by atoms with Crippen LogP contribution in [0.15, 0.2) is 388 Å². The maximum atomic E-state index is 6.32. The first-order valence-electron chi connectivity index (χ1n) is 36.5. The molecule has 0 aliphatic carbocycles. The van der Waals surface area contributed by atoms with Gasteiger partial charge in [0.15, 0.2) is 0 Å². The third-order valence-corrected chi connectivity index (χ3v) is 21.6. The Kier molecular flexibility index (Phi) is 19.2. The molecule has 1 fully saturated rings. The molecule has 0 aromatic heterocycles. The Morgan fingerprint density at radius 1 is 0.196 bits per heavy atom. The zero-order valence-corrected chi connectivity index (χ0v) is 60.5. The first-order valence-corrected chi connectivity index (χ1v) is 36.9. The van der Waals surface area contributed by atoms with Crippen molar-refractivity contribution >= 4 is 88.8 Å². The van der Waals surface area contributed by atoms with Crippen molar-refractivity contribution in [3.05, 3.63) is 393 Å². The Hall–Kier alpha value is -12.2. The van der Waals surface area contributed by atoms with E-state index in [0.717, 1.165) is 21.6 Å². The maximum absolute atomic E-state index is 6.32. The van der Waals surface area contributed by atoms with Crippen molar-refractivity contribution in [1.82, 2.24) is 0 Å². The van der Waals surface area contributed by atoms with E-state index in [-0.39, 0.29) is 25.7 Å². The van der Waals surface area contributed by atoms with Crippen LogP contribution >= 0.6 is 11.6 Å². The fourth-order valence-electron chi connectivity index (χ4n) is 15.0. The van der Waals surface area contributed by atoms with Crippen molar-refractivity contribution in [2.24, 2.45) is 0 Å². The normalized spacial score (nSPS) is 12.9. The first-order chi connectivity index (χ1) is 51.9. The quantitative estimate of drug-likeness (QED) is 0.100. The smallest absolute Gasteiger partial charge is 0.399 e. The van der Waals surface area contributed by atoms with Crippen molar-refractivity contribution in [3.63, 3.8) is 0 Å². The number of fused-ring (bicyclic) bond motifs is 10. The summed E-state index contributed by atoms with van der Waals surface area (Å²) in [5.74, 6) is 0. The van der Waals surface area contributed by atoms with E-state index in [1.165, 1.54) is 154 Å². The third kappa shape index (κ3) is 14.3. The summed E-state index contributed by atoms with van der Waals surface area (Å²) in [5, 5.41) is 16.1. The minimum Gasteiger partial charge on any atom is -0.399 e. The van der Waals surface area contributed by atoms with Crippen LogP contribution in [0.4, 0.5) is 0 Å². The summed E-state index contributed by atoms with van der Waals surface area (Å²) in [7, 11) is -0.380. The molecule has 0 radical (unpaired) electrons. The van der Waals surface area contributed by atoms with Gasteiger partial charge in [-0.05, 0) is 271 Å². The van der Waals surface area contributed by atoms with E-state index < -0.39 is 0 Å². The lowest BCUT2D eigenvalue weighted by atomic mass is 9.78. The summed E-state index contributed by atoms with van der Waals surface area (Å²) in [5.41, 5.74) is 22.0. The molecule has 0 amide bonds. The second-order valence-corrected chi connectivity index (χ2v) is 29.2. The molecule has 18 aromatic rings. The average Bonchev–Trinajstić information content (AvgIpc) is 1.69. The molecule has 0 spiro atoms. The van der Waals surface area contributed by atoms with E-state index in [1.807, 2.05) is 12.1 Å². The summed E-state index contributed by atoms with van der Waals surface area (Å²) in [6, 6.07) is 139. The highest BCUT2D eigenvalue weighted by Crippen LogP contribution is 2.42. The van der Waals surface area contributed by atoms with Gasteiger partial charge in [-0.1, -0.05) is 334 Å². The van der Waals surface area contributed by atoms with Crippen LogP contribution in [-0.2, 0) is 9.31 Å². The Balaban J connectivity index is 0.000000132. The van der Waals surface area contributed by atoms with E-state index in [4.69, 9.17) is 20.9 Å². The molecule has 1 saturated heterocycles.